The summed E-state index contributed by atoms with van der Waals surface area (Å²) in [4.78, 5) is 38.2. The highest BCUT2D eigenvalue weighted by Gasteiger charge is 2.19. The minimum absolute atomic E-state index is 0.0609. The third-order valence-corrected chi connectivity index (χ3v) is 14.9. The summed E-state index contributed by atoms with van der Waals surface area (Å²) in [6, 6.07) is 0. The number of hydrogen-bond donors (Lipinski definition) is 0. The topological polar surface area (TPSA) is 78.9 Å². The van der Waals surface area contributed by atoms with Crippen LogP contribution in [0, 0.1) is 0 Å². The van der Waals surface area contributed by atoms with Crippen molar-refractivity contribution in [1.29, 1.82) is 0 Å². The fraction of sp³-hybridized carbons (Fsp3) is 0.953. The number of ether oxygens (including phenoxy) is 3. The summed E-state index contributed by atoms with van der Waals surface area (Å²) in [5.41, 5.74) is 0. The summed E-state index contributed by atoms with van der Waals surface area (Å²) >= 11 is 0. The van der Waals surface area contributed by atoms with Gasteiger partial charge in [-0.1, -0.05) is 335 Å². The Bertz CT molecular complexity index is 1040. The molecule has 0 N–H and O–H groups in total. The van der Waals surface area contributed by atoms with Crippen LogP contribution in [0.25, 0.3) is 0 Å². The molecular formula is C64H124O6. The maximum Gasteiger partial charge on any atom is 0.306 e. The lowest BCUT2D eigenvalue weighted by atomic mass is 10.0. The SMILES string of the molecule is CCCCCCCCCCCCCCCCCCCCCCCCCC(=O)OCC(COC(=O)CCCCCCCCCCCC)OC(=O)CCCCCCCCCCCCCCCCCCCCC. The second kappa shape index (κ2) is 60.0. The van der Waals surface area contributed by atoms with E-state index in [9.17, 15) is 14.4 Å². The van der Waals surface area contributed by atoms with E-state index in [-0.39, 0.29) is 31.1 Å². The zero-order valence-corrected chi connectivity index (χ0v) is 47.8. The van der Waals surface area contributed by atoms with Gasteiger partial charge in [-0.2, -0.15) is 0 Å². The highest BCUT2D eigenvalue weighted by atomic mass is 16.6. The van der Waals surface area contributed by atoms with Crippen molar-refractivity contribution < 1.29 is 28.6 Å². The number of carbonyl (C=O) groups excluding carboxylic acids is 3. The maximum absolute atomic E-state index is 12.9. The lowest BCUT2D eigenvalue weighted by Crippen LogP contribution is -2.30. The molecule has 0 aliphatic carbocycles. The molecule has 0 heterocycles. The van der Waals surface area contributed by atoms with Crippen LogP contribution in [0.15, 0.2) is 0 Å². The summed E-state index contributed by atoms with van der Waals surface area (Å²) in [5, 5.41) is 0. The molecule has 0 saturated heterocycles. The van der Waals surface area contributed by atoms with Crippen LogP contribution < -0.4 is 0 Å². The molecule has 1 atom stereocenters. The van der Waals surface area contributed by atoms with Crippen molar-refractivity contribution in [3.8, 4) is 0 Å². The van der Waals surface area contributed by atoms with Crippen LogP contribution in [0.4, 0.5) is 0 Å². The van der Waals surface area contributed by atoms with Crippen molar-refractivity contribution in [3.63, 3.8) is 0 Å². The van der Waals surface area contributed by atoms with Crippen LogP contribution >= 0.6 is 0 Å². The molecule has 0 amide bonds. The van der Waals surface area contributed by atoms with E-state index in [4.69, 9.17) is 14.2 Å². The first-order chi connectivity index (χ1) is 34.5. The lowest BCUT2D eigenvalue weighted by Gasteiger charge is -2.18. The fourth-order valence-electron chi connectivity index (χ4n) is 10.0. The summed E-state index contributed by atoms with van der Waals surface area (Å²) in [7, 11) is 0. The van der Waals surface area contributed by atoms with Gasteiger partial charge < -0.3 is 14.2 Å². The summed E-state index contributed by atoms with van der Waals surface area (Å²) in [6.45, 7) is 6.71. The second-order valence-corrected chi connectivity index (χ2v) is 22.1. The minimum Gasteiger partial charge on any atom is -0.462 e. The first-order valence-electron chi connectivity index (χ1n) is 32.0. The molecule has 0 aliphatic rings. The molecule has 0 aliphatic heterocycles. The van der Waals surface area contributed by atoms with Gasteiger partial charge >= 0.3 is 17.9 Å². The molecular weight excluding hydrogens is 865 g/mol. The van der Waals surface area contributed by atoms with Crippen LogP contribution in [0.2, 0.25) is 0 Å². The van der Waals surface area contributed by atoms with Crippen LogP contribution in [-0.4, -0.2) is 37.2 Å². The summed E-state index contributed by atoms with van der Waals surface area (Å²) in [6.07, 6.45) is 68.3. The predicted molar refractivity (Wildman–Crippen MR) is 303 cm³/mol. The van der Waals surface area contributed by atoms with Crippen LogP contribution in [0.3, 0.4) is 0 Å². The third-order valence-electron chi connectivity index (χ3n) is 14.9. The monoisotopic (exact) mass is 989 g/mol. The normalized spacial score (nSPS) is 11.9. The average Bonchev–Trinajstić information content (AvgIpc) is 3.36. The molecule has 6 nitrogen and oxygen atoms in total. The molecule has 0 aromatic carbocycles. The molecule has 0 radical (unpaired) electrons. The Morgan fingerprint density at radius 2 is 0.386 bits per heavy atom. The van der Waals surface area contributed by atoms with E-state index < -0.39 is 6.10 Å². The van der Waals surface area contributed by atoms with Gasteiger partial charge in [0.15, 0.2) is 6.10 Å². The molecule has 416 valence electrons. The number of rotatable bonds is 60. The van der Waals surface area contributed by atoms with Gasteiger partial charge in [0.1, 0.15) is 13.2 Å². The predicted octanol–water partition coefficient (Wildman–Crippen LogP) is 21.5. The molecule has 0 spiro atoms. The Balaban J connectivity index is 4.16. The molecule has 0 saturated carbocycles. The average molecular weight is 990 g/mol. The van der Waals surface area contributed by atoms with Crippen LogP contribution in [-0.2, 0) is 28.6 Å². The largest absolute Gasteiger partial charge is 0.462 e. The highest BCUT2D eigenvalue weighted by Crippen LogP contribution is 2.19. The van der Waals surface area contributed by atoms with Gasteiger partial charge in [0, 0.05) is 19.3 Å². The first-order valence-corrected chi connectivity index (χ1v) is 32.0. The number of hydrogen-bond acceptors (Lipinski definition) is 6. The molecule has 0 rings (SSSR count). The number of carbonyl (C=O) groups is 3. The van der Waals surface area contributed by atoms with Gasteiger partial charge in [0.2, 0.25) is 0 Å². The van der Waals surface area contributed by atoms with Gasteiger partial charge in [-0.05, 0) is 19.3 Å². The molecule has 0 aromatic rings. The number of esters is 3. The molecule has 70 heavy (non-hydrogen) atoms. The van der Waals surface area contributed by atoms with E-state index in [2.05, 4.69) is 20.8 Å². The summed E-state index contributed by atoms with van der Waals surface area (Å²) in [5.74, 6) is -0.829. The van der Waals surface area contributed by atoms with Crippen molar-refractivity contribution in [2.45, 2.75) is 380 Å². The van der Waals surface area contributed by atoms with E-state index >= 15 is 0 Å². The molecule has 1 unspecified atom stereocenters. The van der Waals surface area contributed by atoms with Crippen molar-refractivity contribution in [2.75, 3.05) is 13.2 Å². The van der Waals surface area contributed by atoms with Gasteiger partial charge in [0.25, 0.3) is 0 Å². The Kier molecular flexibility index (Phi) is 58.6. The van der Waals surface area contributed by atoms with E-state index in [1.807, 2.05) is 0 Å². The minimum atomic E-state index is -0.761. The van der Waals surface area contributed by atoms with Crippen LogP contribution in [0.1, 0.15) is 374 Å². The smallest absolute Gasteiger partial charge is 0.306 e. The standard InChI is InChI=1S/C64H124O6/c1-4-7-10-13-16-19-22-24-26-28-30-31-32-33-35-36-38-40-42-45-48-51-54-57-63(66)69-60-61(59-68-62(65)56-53-50-47-44-21-18-15-12-9-6-3)70-64(67)58-55-52-49-46-43-41-39-37-34-29-27-25-23-20-17-14-11-8-5-2/h61H,4-60H2,1-3H3. The van der Waals surface area contributed by atoms with Crippen molar-refractivity contribution >= 4 is 17.9 Å². The Labute approximate surface area is 438 Å². The highest BCUT2D eigenvalue weighted by molar-refractivity contribution is 5.71. The van der Waals surface area contributed by atoms with Gasteiger partial charge in [-0.3, -0.25) is 14.4 Å². The van der Waals surface area contributed by atoms with Gasteiger partial charge in [0.05, 0.1) is 0 Å². The number of unbranched alkanes of at least 4 members (excludes halogenated alkanes) is 49. The van der Waals surface area contributed by atoms with E-state index in [1.54, 1.807) is 0 Å². The third kappa shape index (κ3) is 57.3. The molecule has 0 fully saturated rings. The lowest BCUT2D eigenvalue weighted by molar-refractivity contribution is -0.167. The molecule has 0 aromatic heterocycles. The Morgan fingerprint density at radius 1 is 0.229 bits per heavy atom. The summed E-state index contributed by atoms with van der Waals surface area (Å²) < 4.78 is 16.9. The van der Waals surface area contributed by atoms with Crippen molar-refractivity contribution in [1.82, 2.24) is 0 Å². The Hall–Kier alpha value is -1.59. The zero-order chi connectivity index (χ0) is 50.7. The van der Waals surface area contributed by atoms with Crippen molar-refractivity contribution in [3.05, 3.63) is 0 Å². The second-order valence-electron chi connectivity index (χ2n) is 22.1. The van der Waals surface area contributed by atoms with Gasteiger partial charge in [-0.15, -0.1) is 0 Å². The molecule has 6 heteroatoms. The van der Waals surface area contributed by atoms with E-state index in [0.717, 1.165) is 57.8 Å². The van der Waals surface area contributed by atoms with Gasteiger partial charge in [-0.25, -0.2) is 0 Å². The van der Waals surface area contributed by atoms with E-state index in [0.29, 0.717) is 19.3 Å². The molecule has 0 bridgehead atoms. The maximum atomic E-state index is 12.9. The van der Waals surface area contributed by atoms with Crippen LogP contribution in [0.5, 0.6) is 0 Å². The fourth-order valence-corrected chi connectivity index (χ4v) is 10.0. The van der Waals surface area contributed by atoms with Crippen molar-refractivity contribution in [2.24, 2.45) is 0 Å². The zero-order valence-electron chi connectivity index (χ0n) is 47.8. The Morgan fingerprint density at radius 3 is 0.571 bits per heavy atom. The quantitative estimate of drug-likeness (QED) is 0.0343. The first kappa shape index (κ1) is 68.4. The van der Waals surface area contributed by atoms with E-state index in [1.165, 1.54) is 276 Å².